The van der Waals surface area contributed by atoms with E-state index in [1.54, 1.807) is 5.57 Å². The molecule has 2 aliphatic carbocycles. The van der Waals surface area contributed by atoms with Gasteiger partial charge in [-0.1, -0.05) is 29.9 Å². The molecule has 0 nitrogen and oxygen atoms in total. The average Bonchev–Trinajstić information content (AvgIpc) is 2.85. The highest BCUT2D eigenvalue weighted by molar-refractivity contribution is 5.48. The van der Waals surface area contributed by atoms with Gasteiger partial charge < -0.3 is 0 Å². The Bertz CT molecular complexity index is 305. The molecule has 1 fully saturated rings. The van der Waals surface area contributed by atoms with Gasteiger partial charge in [-0.05, 0) is 49.7 Å². The number of allylic oxidation sites excluding steroid dienone is 7. The monoisotopic (exact) mass is 186 g/mol. The molecule has 14 heavy (non-hydrogen) atoms. The first-order valence-electron chi connectivity index (χ1n) is 5.62. The van der Waals surface area contributed by atoms with Crippen molar-refractivity contribution in [2.24, 2.45) is 0 Å². The predicted molar refractivity (Wildman–Crippen MR) is 62.1 cm³/mol. The van der Waals surface area contributed by atoms with Crippen LogP contribution in [0.1, 0.15) is 38.5 Å². The molecule has 74 valence electrons. The van der Waals surface area contributed by atoms with E-state index in [0.29, 0.717) is 0 Å². The molecule has 0 amide bonds. The van der Waals surface area contributed by atoms with E-state index < -0.39 is 0 Å². The van der Waals surface area contributed by atoms with Crippen LogP contribution >= 0.6 is 0 Å². The van der Waals surface area contributed by atoms with Crippen LogP contribution in [0.3, 0.4) is 0 Å². The smallest absolute Gasteiger partial charge is 0.0244 e. The van der Waals surface area contributed by atoms with E-state index in [1.807, 2.05) is 6.08 Å². The Kier molecular flexibility index (Phi) is 3.03. The van der Waals surface area contributed by atoms with Gasteiger partial charge in [-0.2, -0.15) is 0 Å². The van der Waals surface area contributed by atoms with Gasteiger partial charge in [-0.15, -0.1) is 6.58 Å². The summed E-state index contributed by atoms with van der Waals surface area (Å²) in [4.78, 5) is 0. The molecule has 0 saturated heterocycles. The minimum Gasteiger partial charge on any atom is -0.103 e. The summed E-state index contributed by atoms with van der Waals surface area (Å²) in [5.74, 6) is 0. The highest BCUT2D eigenvalue weighted by Gasteiger charge is 2.12. The normalized spacial score (nSPS) is 20.4. The third-order valence-corrected chi connectivity index (χ3v) is 3.07. The Labute approximate surface area is 86.7 Å². The fraction of sp³-hybridized carbons (Fsp3) is 0.429. The van der Waals surface area contributed by atoms with Crippen LogP contribution < -0.4 is 0 Å². The first kappa shape index (κ1) is 9.51. The van der Waals surface area contributed by atoms with Crippen LogP contribution in [0.4, 0.5) is 0 Å². The lowest BCUT2D eigenvalue weighted by molar-refractivity contribution is 0.886. The summed E-state index contributed by atoms with van der Waals surface area (Å²) < 4.78 is 0. The maximum atomic E-state index is 3.75. The minimum absolute atomic E-state index is 1.10. The van der Waals surface area contributed by atoms with Crippen molar-refractivity contribution < 1.29 is 0 Å². The van der Waals surface area contributed by atoms with Crippen molar-refractivity contribution in [3.8, 4) is 0 Å². The van der Waals surface area contributed by atoms with E-state index >= 15 is 0 Å². The molecule has 0 unspecified atom stereocenters. The SMILES string of the molecule is C=CCCC1=CC(=C2CCCC2)C=C1. The number of hydrogen-bond donors (Lipinski definition) is 0. The van der Waals surface area contributed by atoms with Gasteiger partial charge in [0.2, 0.25) is 0 Å². The van der Waals surface area contributed by atoms with Gasteiger partial charge in [-0.25, -0.2) is 0 Å². The second-order valence-corrected chi connectivity index (χ2v) is 4.15. The van der Waals surface area contributed by atoms with E-state index in [0.717, 1.165) is 12.8 Å². The Morgan fingerprint density at radius 3 is 2.71 bits per heavy atom. The van der Waals surface area contributed by atoms with Gasteiger partial charge in [0, 0.05) is 0 Å². The van der Waals surface area contributed by atoms with Gasteiger partial charge in [-0.3, -0.25) is 0 Å². The van der Waals surface area contributed by atoms with Crippen molar-refractivity contribution in [2.75, 3.05) is 0 Å². The van der Waals surface area contributed by atoms with Crippen molar-refractivity contribution >= 4 is 0 Å². The average molecular weight is 186 g/mol. The van der Waals surface area contributed by atoms with Crippen LogP contribution in [0.2, 0.25) is 0 Å². The largest absolute Gasteiger partial charge is 0.103 e. The molecule has 0 heteroatoms. The topological polar surface area (TPSA) is 0 Å². The van der Waals surface area contributed by atoms with E-state index in [2.05, 4.69) is 24.8 Å². The lowest BCUT2D eigenvalue weighted by Crippen LogP contribution is -1.78. The molecular weight excluding hydrogens is 168 g/mol. The van der Waals surface area contributed by atoms with Gasteiger partial charge in [0.25, 0.3) is 0 Å². The quantitative estimate of drug-likeness (QED) is 0.576. The first-order valence-corrected chi connectivity index (χ1v) is 5.62. The van der Waals surface area contributed by atoms with Gasteiger partial charge in [0.05, 0.1) is 0 Å². The van der Waals surface area contributed by atoms with E-state index in [9.17, 15) is 0 Å². The molecule has 0 bridgehead atoms. The summed E-state index contributed by atoms with van der Waals surface area (Å²) in [6.45, 7) is 3.75. The number of rotatable bonds is 3. The molecule has 0 spiro atoms. The van der Waals surface area contributed by atoms with Crippen LogP contribution in [0, 0.1) is 0 Å². The standard InChI is InChI=1S/C14H18/c1-2-3-6-12-9-10-14(11-12)13-7-4-5-8-13/h2,9-11H,1,3-8H2. The molecule has 0 aliphatic heterocycles. The summed E-state index contributed by atoms with van der Waals surface area (Å²) >= 11 is 0. The van der Waals surface area contributed by atoms with E-state index in [1.165, 1.54) is 36.8 Å². The summed E-state index contributed by atoms with van der Waals surface area (Å²) in [7, 11) is 0. The zero-order chi connectivity index (χ0) is 9.80. The molecule has 1 saturated carbocycles. The van der Waals surface area contributed by atoms with Crippen molar-refractivity contribution in [1.29, 1.82) is 0 Å². The number of hydrogen-bond acceptors (Lipinski definition) is 0. The Hall–Kier alpha value is -1.04. The molecule has 2 aliphatic rings. The van der Waals surface area contributed by atoms with Crippen molar-refractivity contribution in [3.05, 3.63) is 47.6 Å². The molecular formula is C14H18. The summed E-state index contributed by atoms with van der Waals surface area (Å²) in [6, 6.07) is 0. The summed E-state index contributed by atoms with van der Waals surface area (Å²) in [6.07, 6.45) is 16.6. The second-order valence-electron chi connectivity index (χ2n) is 4.15. The lowest BCUT2D eigenvalue weighted by atomic mass is 10.1. The van der Waals surface area contributed by atoms with Crippen molar-refractivity contribution in [3.63, 3.8) is 0 Å². The maximum absolute atomic E-state index is 3.75. The highest BCUT2D eigenvalue weighted by Crippen LogP contribution is 2.31. The van der Waals surface area contributed by atoms with Crippen LogP contribution in [0.5, 0.6) is 0 Å². The third kappa shape index (κ3) is 2.06. The fourth-order valence-corrected chi connectivity index (χ4v) is 2.23. The second kappa shape index (κ2) is 4.45. The van der Waals surface area contributed by atoms with Crippen molar-refractivity contribution in [1.82, 2.24) is 0 Å². The predicted octanol–water partition coefficient (Wildman–Crippen LogP) is 4.32. The Balaban J connectivity index is 2.05. The third-order valence-electron chi connectivity index (χ3n) is 3.07. The van der Waals surface area contributed by atoms with Crippen LogP contribution in [-0.4, -0.2) is 0 Å². The minimum atomic E-state index is 1.10. The zero-order valence-corrected chi connectivity index (χ0v) is 8.76. The van der Waals surface area contributed by atoms with Crippen LogP contribution in [0.15, 0.2) is 47.6 Å². The Morgan fingerprint density at radius 1 is 1.21 bits per heavy atom. The van der Waals surface area contributed by atoms with Crippen LogP contribution in [-0.2, 0) is 0 Å². The van der Waals surface area contributed by atoms with E-state index in [4.69, 9.17) is 0 Å². The zero-order valence-electron chi connectivity index (χ0n) is 8.76. The molecule has 0 aromatic heterocycles. The molecule has 0 atom stereocenters. The molecule has 0 aromatic carbocycles. The summed E-state index contributed by atoms with van der Waals surface area (Å²) in [5.41, 5.74) is 4.65. The maximum Gasteiger partial charge on any atom is -0.0244 e. The lowest BCUT2D eigenvalue weighted by Gasteiger charge is -1.98. The molecule has 0 heterocycles. The van der Waals surface area contributed by atoms with Gasteiger partial charge in [0.15, 0.2) is 0 Å². The van der Waals surface area contributed by atoms with Crippen LogP contribution in [0.25, 0.3) is 0 Å². The van der Waals surface area contributed by atoms with E-state index in [-0.39, 0.29) is 0 Å². The summed E-state index contributed by atoms with van der Waals surface area (Å²) in [5, 5.41) is 0. The van der Waals surface area contributed by atoms with Gasteiger partial charge >= 0.3 is 0 Å². The Morgan fingerprint density at radius 2 is 2.00 bits per heavy atom. The van der Waals surface area contributed by atoms with Gasteiger partial charge in [0.1, 0.15) is 0 Å². The fourth-order valence-electron chi connectivity index (χ4n) is 2.23. The molecule has 0 radical (unpaired) electrons. The molecule has 2 rings (SSSR count). The molecule has 0 N–H and O–H groups in total. The first-order chi connectivity index (χ1) is 6.90. The highest BCUT2D eigenvalue weighted by atomic mass is 14.2. The molecule has 0 aromatic rings. The van der Waals surface area contributed by atoms with Crippen molar-refractivity contribution in [2.45, 2.75) is 38.5 Å².